The first-order valence-corrected chi connectivity index (χ1v) is 12.0. The van der Waals surface area contributed by atoms with E-state index >= 15 is 0 Å². The summed E-state index contributed by atoms with van der Waals surface area (Å²) in [6.45, 7) is 0.977. The maximum Gasteiger partial charge on any atom is 0.211 e. The topological polar surface area (TPSA) is 119 Å². The fourth-order valence-corrected chi connectivity index (χ4v) is 5.25. The average molecular weight is 428 g/mol. The minimum atomic E-state index is -3.22. The number of nitrogens with one attached hydrogen (secondary N) is 1. The van der Waals surface area contributed by atoms with E-state index in [0.29, 0.717) is 35.7 Å². The van der Waals surface area contributed by atoms with Gasteiger partial charge in [-0.25, -0.2) is 12.7 Å². The maximum absolute atomic E-state index is 11.9. The van der Waals surface area contributed by atoms with Gasteiger partial charge in [0.1, 0.15) is 11.4 Å². The molecule has 1 aliphatic heterocycles. The van der Waals surface area contributed by atoms with Crippen molar-refractivity contribution < 1.29 is 13.5 Å². The van der Waals surface area contributed by atoms with Crippen LogP contribution in [-0.4, -0.2) is 53.4 Å². The van der Waals surface area contributed by atoms with E-state index in [0.717, 1.165) is 49.7 Å². The molecule has 1 aromatic heterocycles. The number of hydrogen-bond donors (Lipinski definition) is 2. The molecule has 1 aromatic carbocycles. The molecule has 1 aliphatic carbocycles. The van der Waals surface area contributed by atoms with Gasteiger partial charge in [0.25, 0.3) is 0 Å². The SMILES string of the molecule is CS(=O)(=O)N1CCCC(Nc2nnc(-c3ccc(C#N)cc3O)c3c2CCCC3)C1. The molecule has 2 aromatic rings. The van der Waals surface area contributed by atoms with Crippen molar-refractivity contribution in [3.8, 4) is 23.1 Å². The summed E-state index contributed by atoms with van der Waals surface area (Å²) < 4.78 is 25.4. The second-order valence-electron chi connectivity index (χ2n) is 8.01. The highest BCUT2D eigenvalue weighted by atomic mass is 32.2. The Balaban J connectivity index is 1.66. The third-order valence-corrected chi connectivity index (χ3v) is 7.14. The van der Waals surface area contributed by atoms with E-state index in [9.17, 15) is 13.5 Å². The predicted octanol–water partition coefficient (Wildman–Crippen LogP) is 2.44. The van der Waals surface area contributed by atoms with Crippen LogP contribution in [0.2, 0.25) is 0 Å². The van der Waals surface area contributed by atoms with Crippen LogP contribution in [0.15, 0.2) is 18.2 Å². The molecule has 0 spiro atoms. The van der Waals surface area contributed by atoms with Crippen molar-refractivity contribution in [3.05, 3.63) is 34.9 Å². The van der Waals surface area contributed by atoms with Crippen LogP contribution in [-0.2, 0) is 22.9 Å². The smallest absolute Gasteiger partial charge is 0.211 e. The summed E-state index contributed by atoms with van der Waals surface area (Å²) >= 11 is 0. The Labute approximate surface area is 176 Å². The lowest BCUT2D eigenvalue weighted by Crippen LogP contribution is -2.44. The number of aromatic nitrogens is 2. The molecule has 0 radical (unpaired) electrons. The number of sulfonamides is 1. The van der Waals surface area contributed by atoms with Crippen molar-refractivity contribution in [2.24, 2.45) is 0 Å². The summed E-state index contributed by atoms with van der Waals surface area (Å²) in [4.78, 5) is 0. The van der Waals surface area contributed by atoms with Crippen molar-refractivity contribution in [3.63, 3.8) is 0 Å². The van der Waals surface area contributed by atoms with Gasteiger partial charge in [0.2, 0.25) is 10.0 Å². The molecule has 8 nitrogen and oxygen atoms in total. The highest BCUT2D eigenvalue weighted by Crippen LogP contribution is 2.37. The van der Waals surface area contributed by atoms with Crippen molar-refractivity contribution in [1.29, 1.82) is 5.26 Å². The number of piperidine rings is 1. The number of benzene rings is 1. The van der Waals surface area contributed by atoms with E-state index in [1.807, 2.05) is 6.07 Å². The number of anilines is 1. The number of hydrogen-bond acceptors (Lipinski definition) is 7. The summed E-state index contributed by atoms with van der Waals surface area (Å²) in [5, 5.41) is 31.7. The minimum Gasteiger partial charge on any atom is -0.507 e. The zero-order chi connectivity index (χ0) is 21.3. The maximum atomic E-state index is 11.9. The van der Waals surface area contributed by atoms with Crippen LogP contribution in [0.3, 0.4) is 0 Å². The monoisotopic (exact) mass is 427 g/mol. The number of nitrogens with zero attached hydrogens (tertiary/aromatic N) is 4. The van der Waals surface area contributed by atoms with Crippen LogP contribution in [0.1, 0.15) is 42.4 Å². The van der Waals surface area contributed by atoms with Gasteiger partial charge < -0.3 is 10.4 Å². The summed E-state index contributed by atoms with van der Waals surface area (Å²) in [5.74, 6) is 0.731. The van der Waals surface area contributed by atoms with E-state index in [4.69, 9.17) is 5.26 Å². The van der Waals surface area contributed by atoms with Crippen LogP contribution in [0, 0.1) is 11.3 Å². The summed E-state index contributed by atoms with van der Waals surface area (Å²) in [6.07, 6.45) is 6.71. The number of phenols is 1. The fourth-order valence-electron chi connectivity index (χ4n) is 4.34. The molecule has 4 rings (SSSR count). The molecule has 1 fully saturated rings. The predicted molar refractivity (Wildman–Crippen MR) is 114 cm³/mol. The lowest BCUT2D eigenvalue weighted by molar-refractivity contribution is 0.328. The van der Waals surface area contributed by atoms with E-state index < -0.39 is 10.0 Å². The zero-order valence-corrected chi connectivity index (χ0v) is 17.7. The van der Waals surface area contributed by atoms with Crippen LogP contribution in [0.25, 0.3) is 11.3 Å². The number of fused-ring (bicyclic) bond motifs is 1. The Hall–Kier alpha value is -2.70. The molecular weight excluding hydrogens is 402 g/mol. The second kappa shape index (κ2) is 8.20. The Morgan fingerprint density at radius 2 is 1.97 bits per heavy atom. The minimum absolute atomic E-state index is 0.0111. The fraction of sp³-hybridized carbons (Fsp3) is 0.476. The number of aromatic hydroxyl groups is 1. The molecule has 2 heterocycles. The highest BCUT2D eigenvalue weighted by molar-refractivity contribution is 7.88. The Kier molecular flexibility index (Phi) is 5.62. The molecule has 9 heteroatoms. The van der Waals surface area contributed by atoms with Crippen molar-refractivity contribution in [2.75, 3.05) is 24.7 Å². The Bertz CT molecular complexity index is 1110. The molecule has 1 atom stereocenters. The van der Waals surface area contributed by atoms with Crippen molar-refractivity contribution >= 4 is 15.8 Å². The van der Waals surface area contributed by atoms with Gasteiger partial charge in [-0.1, -0.05) is 0 Å². The van der Waals surface area contributed by atoms with Crippen LogP contribution in [0.5, 0.6) is 5.75 Å². The molecule has 1 saturated heterocycles. The molecule has 0 bridgehead atoms. The van der Waals surface area contributed by atoms with Crippen LogP contribution < -0.4 is 5.32 Å². The molecule has 0 saturated carbocycles. The Morgan fingerprint density at radius 1 is 1.20 bits per heavy atom. The van der Waals surface area contributed by atoms with Gasteiger partial charge in [-0.05, 0) is 62.3 Å². The lowest BCUT2D eigenvalue weighted by atomic mass is 9.88. The van der Waals surface area contributed by atoms with E-state index in [2.05, 4.69) is 15.5 Å². The van der Waals surface area contributed by atoms with Crippen LogP contribution >= 0.6 is 0 Å². The lowest BCUT2D eigenvalue weighted by Gasteiger charge is -2.32. The van der Waals surface area contributed by atoms with Gasteiger partial charge in [-0.15, -0.1) is 10.2 Å². The highest BCUT2D eigenvalue weighted by Gasteiger charge is 2.28. The first-order valence-electron chi connectivity index (χ1n) is 10.2. The first-order chi connectivity index (χ1) is 14.4. The zero-order valence-electron chi connectivity index (χ0n) is 16.9. The molecule has 2 N–H and O–H groups in total. The van der Waals surface area contributed by atoms with Gasteiger partial charge in [0.05, 0.1) is 17.9 Å². The molecule has 30 heavy (non-hydrogen) atoms. The Morgan fingerprint density at radius 3 is 2.67 bits per heavy atom. The summed E-state index contributed by atoms with van der Waals surface area (Å²) in [7, 11) is -3.22. The molecule has 2 aliphatic rings. The normalized spacial score (nSPS) is 19.7. The van der Waals surface area contributed by atoms with Crippen molar-refractivity contribution in [2.45, 2.75) is 44.6 Å². The van der Waals surface area contributed by atoms with E-state index in [1.165, 1.54) is 16.6 Å². The third kappa shape index (κ3) is 4.11. The quantitative estimate of drug-likeness (QED) is 0.769. The number of rotatable bonds is 4. The van der Waals surface area contributed by atoms with Crippen LogP contribution in [0.4, 0.5) is 5.82 Å². The van der Waals surface area contributed by atoms with Gasteiger partial charge in [0, 0.05) is 30.3 Å². The summed E-state index contributed by atoms with van der Waals surface area (Å²) in [5.41, 5.74) is 3.77. The van der Waals surface area contributed by atoms with Gasteiger partial charge >= 0.3 is 0 Å². The average Bonchev–Trinajstić information content (AvgIpc) is 2.74. The van der Waals surface area contributed by atoms with Gasteiger partial charge in [-0.2, -0.15) is 5.26 Å². The third-order valence-electron chi connectivity index (χ3n) is 5.87. The molecule has 1 unspecified atom stereocenters. The number of nitriles is 1. The standard InChI is InChI=1S/C21H25N5O3S/c1-30(28,29)26-10-4-5-15(13-26)23-21-17-7-3-2-6-16(17)20(24-25-21)18-9-8-14(12-22)11-19(18)27/h8-9,11,15,27H,2-7,10,13H2,1H3,(H,23,25). The molecular formula is C21H25N5O3S. The molecule has 158 valence electrons. The second-order valence-corrected chi connectivity index (χ2v) is 9.99. The van der Waals surface area contributed by atoms with E-state index in [-0.39, 0.29) is 11.8 Å². The summed E-state index contributed by atoms with van der Waals surface area (Å²) in [6, 6.07) is 6.84. The van der Waals surface area contributed by atoms with Gasteiger partial charge in [0.15, 0.2) is 5.82 Å². The first kappa shape index (κ1) is 20.6. The van der Waals surface area contributed by atoms with Gasteiger partial charge in [-0.3, -0.25) is 0 Å². The molecule has 0 amide bonds. The number of phenolic OH excluding ortho intramolecular Hbond substituents is 1. The van der Waals surface area contributed by atoms with Crippen molar-refractivity contribution in [1.82, 2.24) is 14.5 Å². The largest absolute Gasteiger partial charge is 0.507 e. The van der Waals surface area contributed by atoms with E-state index in [1.54, 1.807) is 12.1 Å².